The Morgan fingerprint density at radius 1 is 1.33 bits per heavy atom. The highest BCUT2D eigenvalue weighted by atomic mass is 16.1. The summed E-state index contributed by atoms with van der Waals surface area (Å²) in [4.78, 5) is 20.3. The molecule has 0 saturated carbocycles. The van der Waals surface area contributed by atoms with Crippen molar-refractivity contribution < 1.29 is 4.79 Å². The van der Waals surface area contributed by atoms with Crippen molar-refractivity contribution in [2.75, 3.05) is 12.8 Å². The van der Waals surface area contributed by atoms with Gasteiger partial charge in [0.2, 0.25) is 5.95 Å². The maximum atomic E-state index is 11.9. The van der Waals surface area contributed by atoms with Crippen molar-refractivity contribution in [1.29, 1.82) is 0 Å². The minimum absolute atomic E-state index is 0.143. The Morgan fingerprint density at radius 3 is 2.67 bits per heavy atom. The second-order valence-corrected chi connectivity index (χ2v) is 4.40. The minimum atomic E-state index is -0.143. The van der Waals surface area contributed by atoms with Gasteiger partial charge in [-0.05, 0) is 18.1 Å². The van der Waals surface area contributed by atoms with Crippen LogP contribution in [0, 0.1) is 0 Å². The number of nitrogens with one attached hydrogen (secondary N) is 1. The van der Waals surface area contributed by atoms with E-state index in [0.717, 1.165) is 11.1 Å². The maximum Gasteiger partial charge on any atom is 0.251 e. The molecule has 0 aliphatic rings. The number of nitrogens with two attached hydrogens (primary N) is 1. The van der Waals surface area contributed by atoms with Crippen LogP contribution in [0.3, 0.4) is 0 Å². The van der Waals surface area contributed by atoms with Crippen LogP contribution >= 0.6 is 0 Å². The molecular formula is C13H16N4O. The summed E-state index contributed by atoms with van der Waals surface area (Å²) in [6.45, 7) is 4.03. The van der Waals surface area contributed by atoms with E-state index in [0.29, 0.717) is 11.1 Å². The number of amides is 1. The highest BCUT2D eigenvalue weighted by molar-refractivity contribution is 6.07. The van der Waals surface area contributed by atoms with Crippen molar-refractivity contribution in [2.24, 2.45) is 0 Å². The molecule has 0 atom stereocenters. The normalized spacial score (nSPS) is 10.9. The van der Waals surface area contributed by atoms with Crippen LogP contribution in [-0.2, 0) is 0 Å². The molecule has 0 saturated heterocycles. The van der Waals surface area contributed by atoms with Gasteiger partial charge in [0.1, 0.15) is 0 Å². The van der Waals surface area contributed by atoms with Crippen molar-refractivity contribution >= 4 is 22.8 Å². The number of aromatic nitrogens is 2. The van der Waals surface area contributed by atoms with Crippen LogP contribution in [-0.4, -0.2) is 22.9 Å². The molecule has 0 aliphatic carbocycles. The van der Waals surface area contributed by atoms with E-state index in [1.165, 1.54) is 0 Å². The molecule has 0 aliphatic heterocycles. The minimum Gasteiger partial charge on any atom is -0.368 e. The van der Waals surface area contributed by atoms with Crippen molar-refractivity contribution in [3.8, 4) is 0 Å². The molecule has 0 spiro atoms. The number of nitrogens with zero attached hydrogens (tertiary/aromatic N) is 2. The van der Waals surface area contributed by atoms with Crippen LogP contribution in [0.1, 0.15) is 35.8 Å². The lowest BCUT2D eigenvalue weighted by atomic mass is 9.99. The van der Waals surface area contributed by atoms with Crippen LogP contribution in [0.4, 0.5) is 5.95 Å². The molecule has 1 aromatic heterocycles. The van der Waals surface area contributed by atoms with Gasteiger partial charge in [0, 0.05) is 12.4 Å². The average Bonchev–Trinajstić information content (AvgIpc) is 2.35. The lowest BCUT2D eigenvalue weighted by molar-refractivity contribution is 0.0964. The SMILES string of the molecule is CNC(=O)c1cccc2nc(N)nc(C(C)C)c12. The second kappa shape index (κ2) is 4.60. The van der Waals surface area contributed by atoms with Crippen molar-refractivity contribution in [3.05, 3.63) is 29.5 Å². The molecule has 5 nitrogen and oxygen atoms in total. The van der Waals surface area contributed by atoms with E-state index in [1.54, 1.807) is 19.2 Å². The highest BCUT2D eigenvalue weighted by Gasteiger charge is 2.16. The Kier molecular flexibility index (Phi) is 3.14. The number of carbonyl (C=O) groups is 1. The van der Waals surface area contributed by atoms with E-state index in [4.69, 9.17) is 5.73 Å². The first-order chi connectivity index (χ1) is 8.54. The summed E-state index contributed by atoms with van der Waals surface area (Å²) in [5.74, 6) is 0.264. The second-order valence-electron chi connectivity index (χ2n) is 4.40. The van der Waals surface area contributed by atoms with E-state index in [-0.39, 0.29) is 17.8 Å². The summed E-state index contributed by atoms with van der Waals surface area (Å²) in [7, 11) is 1.61. The fraction of sp³-hybridized carbons (Fsp3) is 0.308. The Hall–Kier alpha value is -2.17. The van der Waals surface area contributed by atoms with Crippen LogP contribution in [0.2, 0.25) is 0 Å². The van der Waals surface area contributed by atoms with Gasteiger partial charge in [-0.1, -0.05) is 19.9 Å². The maximum absolute atomic E-state index is 11.9. The molecule has 3 N–H and O–H groups in total. The molecule has 1 aromatic carbocycles. The predicted molar refractivity (Wildman–Crippen MR) is 71.4 cm³/mol. The van der Waals surface area contributed by atoms with Crippen LogP contribution < -0.4 is 11.1 Å². The predicted octanol–water partition coefficient (Wildman–Crippen LogP) is 1.69. The topological polar surface area (TPSA) is 80.9 Å². The number of rotatable bonds is 2. The zero-order valence-electron chi connectivity index (χ0n) is 10.7. The van der Waals surface area contributed by atoms with Crippen LogP contribution in [0.5, 0.6) is 0 Å². The van der Waals surface area contributed by atoms with E-state index < -0.39 is 0 Å². The molecule has 0 fully saturated rings. The molecule has 1 heterocycles. The number of fused-ring (bicyclic) bond motifs is 1. The van der Waals surface area contributed by atoms with Gasteiger partial charge < -0.3 is 11.1 Å². The zero-order valence-corrected chi connectivity index (χ0v) is 10.7. The zero-order chi connectivity index (χ0) is 13.3. The Balaban J connectivity index is 2.85. The van der Waals surface area contributed by atoms with Gasteiger partial charge in [-0.3, -0.25) is 4.79 Å². The van der Waals surface area contributed by atoms with Gasteiger partial charge in [-0.2, -0.15) is 0 Å². The third-order valence-electron chi connectivity index (χ3n) is 2.79. The number of carbonyl (C=O) groups excluding carboxylic acids is 1. The first-order valence-corrected chi connectivity index (χ1v) is 5.82. The molecule has 2 rings (SSSR count). The summed E-state index contributed by atoms with van der Waals surface area (Å²) in [5.41, 5.74) is 7.78. The number of anilines is 1. The summed E-state index contributed by atoms with van der Waals surface area (Å²) in [6, 6.07) is 5.40. The monoisotopic (exact) mass is 244 g/mol. The fourth-order valence-electron chi connectivity index (χ4n) is 1.97. The fourth-order valence-corrected chi connectivity index (χ4v) is 1.97. The van der Waals surface area contributed by atoms with Gasteiger partial charge in [0.05, 0.1) is 16.8 Å². The van der Waals surface area contributed by atoms with Crippen LogP contribution in [0.25, 0.3) is 10.9 Å². The standard InChI is InChI=1S/C13H16N4O/c1-7(2)11-10-8(12(18)15-3)5-4-6-9(10)16-13(14)17-11/h4-7H,1-3H3,(H,15,18)(H2,14,16,17). The van der Waals surface area contributed by atoms with E-state index in [9.17, 15) is 4.79 Å². The Morgan fingerprint density at radius 2 is 2.06 bits per heavy atom. The molecule has 1 amide bonds. The van der Waals surface area contributed by atoms with E-state index in [2.05, 4.69) is 15.3 Å². The van der Waals surface area contributed by atoms with Crippen molar-refractivity contribution in [2.45, 2.75) is 19.8 Å². The van der Waals surface area contributed by atoms with Gasteiger partial charge in [-0.25, -0.2) is 9.97 Å². The molecule has 94 valence electrons. The summed E-state index contributed by atoms with van der Waals surface area (Å²) < 4.78 is 0. The van der Waals surface area contributed by atoms with Crippen molar-refractivity contribution in [3.63, 3.8) is 0 Å². The summed E-state index contributed by atoms with van der Waals surface area (Å²) in [5, 5.41) is 3.41. The summed E-state index contributed by atoms with van der Waals surface area (Å²) in [6.07, 6.45) is 0. The van der Waals surface area contributed by atoms with E-state index >= 15 is 0 Å². The van der Waals surface area contributed by atoms with Gasteiger partial charge >= 0.3 is 0 Å². The summed E-state index contributed by atoms with van der Waals surface area (Å²) >= 11 is 0. The Bertz CT molecular complexity index is 607. The lowest BCUT2D eigenvalue weighted by Gasteiger charge is -2.12. The smallest absolute Gasteiger partial charge is 0.251 e. The number of benzene rings is 1. The first kappa shape index (κ1) is 12.3. The molecule has 5 heteroatoms. The number of hydrogen-bond donors (Lipinski definition) is 2. The third kappa shape index (κ3) is 1.99. The molecule has 0 bridgehead atoms. The molecule has 0 unspecified atom stereocenters. The largest absolute Gasteiger partial charge is 0.368 e. The lowest BCUT2D eigenvalue weighted by Crippen LogP contribution is -2.19. The highest BCUT2D eigenvalue weighted by Crippen LogP contribution is 2.26. The van der Waals surface area contributed by atoms with Gasteiger partial charge in [0.25, 0.3) is 5.91 Å². The average molecular weight is 244 g/mol. The number of nitrogen functional groups attached to an aromatic ring is 1. The first-order valence-electron chi connectivity index (χ1n) is 5.82. The van der Waals surface area contributed by atoms with E-state index in [1.807, 2.05) is 19.9 Å². The number of hydrogen-bond acceptors (Lipinski definition) is 4. The molecular weight excluding hydrogens is 228 g/mol. The van der Waals surface area contributed by atoms with Crippen LogP contribution in [0.15, 0.2) is 18.2 Å². The molecule has 2 aromatic rings. The quantitative estimate of drug-likeness (QED) is 0.842. The van der Waals surface area contributed by atoms with Crippen molar-refractivity contribution in [1.82, 2.24) is 15.3 Å². The molecule has 18 heavy (non-hydrogen) atoms. The molecule has 0 radical (unpaired) electrons. The van der Waals surface area contributed by atoms with Gasteiger partial charge in [0.15, 0.2) is 0 Å². The van der Waals surface area contributed by atoms with Gasteiger partial charge in [-0.15, -0.1) is 0 Å². The Labute approximate surface area is 105 Å². The third-order valence-corrected chi connectivity index (χ3v) is 2.79.